The first-order valence-corrected chi connectivity index (χ1v) is 8.62. The molecule has 2 N–H and O–H groups in total. The van der Waals surface area contributed by atoms with Gasteiger partial charge >= 0.3 is 0 Å². The molecule has 25 heavy (non-hydrogen) atoms. The maximum atomic E-state index is 12.3. The second-order valence-electron chi connectivity index (χ2n) is 6.27. The quantitative estimate of drug-likeness (QED) is 0.723. The Morgan fingerprint density at radius 2 is 1.88 bits per heavy atom. The zero-order valence-electron chi connectivity index (χ0n) is 15.5. The van der Waals surface area contributed by atoms with Gasteiger partial charge in [-0.1, -0.05) is 19.1 Å². The summed E-state index contributed by atoms with van der Waals surface area (Å²) in [6.07, 6.45) is 1.91. The number of nitrogens with one attached hydrogen (secondary N) is 2. The molecule has 1 heterocycles. The van der Waals surface area contributed by atoms with Crippen LogP contribution in [0.5, 0.6) is 0 Å². The highest BCUT2D eigenvalue weighted by Gasteiger charge is 2.10. The van der Waals surface area contributed by atoms with Crippen LogP contribution >= 0.6 is 0 Å². The normalized spacial score (nSPS) is 10.8. The van der Waals surface area contributed by atoms with E-state index < -0.39 is 0 Å². The van der Waals surface area contributed by atoms with E-state index >= 15 is 0 Å². The molecule has 0 saturated carbocycles. The van der Waals surface area contributed by atoms with Gasteiger partial charge in [-0.15, -0.1) is 0 Å². The molecule has 0 aliphatic rings. The lowest BCUT2D eigenvalue weighted by Gasteiger charge is -2.11. The molecule has 1 aromatic carbocycles. The van der Waals surface area contributed by atoms with E-state index in [9.17, 15) is 4.79 Å². The van der Waals surface area contributed by atoms with E-state index in [2.05, 4.69) is 44.6 Å². The SMILES string of the molecule is CCc1ccc(Nc2cc(C(=O)NCCCN(C)C)nc(C)n2)cc1. The van der Waals surface area contributed by atoms with Gasteiger partial charge in [-0.05, 0) is 58.1 Å². The Kier molecular flexibility index (Phi) is 6.89. The predicted molar refractivity (Wildman–Crippen MR) is 101 cm³/mol. The molecule has 0 spiro atoms. The number of benzene rings is 1. The van der Waals surface area contributed by atoms with Crippen molar-refractivity contribution in [3.63, 3.8) is 0 Å². The van der Waals surface area contributed by atoms with Crippen molar-refractivity contribution in [2.75, 3.05) is 32.5 Å². The van der Waals surface area contributed by atoms with Gasteiger partial charge in [-0.2, -0.15) is 0 Å². The molecule has 0 bridgehead atoms. The Morgan fingerprint density at radius 1 is 1.16 bits per heavy atom. The number of carbonyl (C=O) groups is 1. The molecule has 1 aromatic heterocycles. The van der Waals surface area contributed by atoms with Crippen molar-refractivity contribution in [2.45, 2.75) is 26.7 Å². The highest BCUT2D eigenvalue weighted by atomic mass is 16.1. The molecule has 0 radical (unpaired) electrons. The van der Waals surface area contributed by atoms with E-state index in [1.54, 1.807) is 13.0 Å². The van der Waals surface area contributed by atoms with Crippen LogP contribution < -0.4 is 10.6 Å². The molecular formula is C19H27N5O. The Balaban J connectivity index is 2.02. The number of aryl methyl sites for hydroxylation is 2. The minimum Gasteiger partial charge on any atom is -0.351 e. The van der Waals surface area contributed by atoms with Gasteiger partial charge in [0, 0.05) is 18.3 Å². The zero-order valence-corrected chi connectivity index (χ0v) is 15.5. The van der Waals surface area contributed by atoms with Crippen LogP contribution in [-0.2, 0) is 6.42 Å². The van der Waals surface area contributed by atoms with Crippen LogP contribution in [-0.4, -0.2) is 48.0 Å². The maximum Gasteiger partial charge on any atom is 0.270 e. The second kappa shape index (κ2) is 9.13. The summed E-state index contributed by atoms with van der Waals surface area (Å²) in [6.45, 7) is 5.47. The Bertz CT molecular complexity index is 697. The topological polar surface area (TPSA) is 70.2 Å². The number of amides is 1. The third-order valence-corrected chi connectivity index (χ3v) is 3.77. The van der Waals surface area contributed by atoms with E-state index in [1.165, 1.54) is 5.56 Å². The molecule has 0 unspecified atom stereocenters. The van der Waals surface area contributed by atoms with Crippen molar-refractivity contribution < 1.29 is 4.79 Å². The molecule has 0 aliphatic carbocycles. The maximum absolute atomic E-state index is 12.3. The number of anilines is 2. The summed E-state index contributed by atoms with van der Waals surface area (Å²) in [5.74, 6) is 1.01. The molecule has 6 nitrogen and oxygen atoms in total. The molecule has 2 aromatic rings. The largest absolute Gasteiger partial charge is 0.351 e. The molecule has 0 atom stereocenters. The minimum absolute atomic E-state index is 0.173. The average molecular weight is 341 g/mol. The van der Waals surface area contributed by atoms with Crippen molar-refractivity contribution in [1.29, 1.82) is 0 Å². The van der Waals surface area contributed by atoms with E-state index in [-0.39, 0.29) is 5.91 Å². The van der Waals surface area contributed by atoms with Crippen LogP contribution in [0.3, 0.4) is 0 Å². The highest BCUT2D eigenvalue weighted by Crippen LogP contribution is 2.16. The molecule has 6 heteroatoms. The van der Waals surface area contributed by atoms with Crippen LogP contribution in [0.25, 0.3) is 0 Å². The van der Waals surface area contributed by atoms with Gasteiger partial charge < -0.3 is 15.5 Å². The summed E-state index contributed by atoms with van der Waals surface area (Å²) in [6, 6.07) is 9.86. The van der Waals surface area contributed by atoms with Crippen LogP contribution in [0.2, 0.25) is 0 Å². The number of hydrogen-bond acceptors (Lipinski definition) is 5. The molecule has 0 saturated heterocycles. The van der Waals surface area contributed by atoms with Crippen LogP contribution in [0.4, 0.5) is 11.5 Å². The summed E-state index contributed by atoms with van der Waals surface area (Å²) in [7, 11) is 4.03. The summed E-state index contributed by atoms with van der Waals surface area (Å²) in [5, 5.41) is 6.14. The lowest BCUT2D eigenvalue weighted by Crippen LogP contribution is -2.28. The van der Waals surface area contributed by atoms with Crippen molar-refractivity contribution in [1.82, 2.24) is 20.2 Å². The summed E-state index contributed by atoms with van der Waals surface area (Å²) >= 11 is 0. The minimum atomic E-state index is -0.173. The standard InChI is InChI=1S/C19H27N5O/c1-5-15-7-9-16(10-8-15)23-18-13-17(21-14(2)22-18)19(25)20-11-6-12-24(3)4/h7-10,13H,5-6,11-12H2,1-4H3,(H,20,25)(H,21,22,23). The predicted octanol–water partition coefficient (Wildman–Crippen LogP) is 2.77. The Hall–Kier alpha value is -2.47. The molecule has 0 aliphatic heterocycles. The zero-order chi connectivity index (χ0) is 18.2. The van der Waals surface area contributed by atoms with Crippen molar-refractivity contribution in [3.8, 4) is 0 Å². The van der Waals surface area contributed by atoms with E-state index in [1.807, 2.05) is 26.2 Å². The highest BCUT2D eigenvalue weighted by molar-refractivity contribution is 5.93. The molecule has 0 fully saturated rings. The second-order valence-corrected chi connectivity index (χ2v) is 6.27. The monoisotopic (exact) mass is 341 g/mol. The van der Waals surface area contributed by atoms with Crippen molar-refractivity contribution in [3.05, 3.63) is 47.4 Å². The van der Waals surface area contributed by atoms with Crippen LogP contribution in [0.1, 0.15) is 35.2 Å². The van der Waals surface area contributed by atoms with Gasteiger partial charge in [-0.25, -0.2) is 9.97 Å². The molecule has 2 rings (SSSR count). The number of hydrogen-bond donors (Lipinski definition) is 2. The van der Waals surface area contributed by atoms with Gasteiger partial charge in [0.2, 0.25) is 0 Å². The summed E-state index contributed by atoms with van der Waals surface area (Å²) in [5.41, 5.74) is 2.60. The number of nitrogens with zero attached hydrogens (tertiary/aromatic N) is 3. The number of rotatable bonds is 8. The van der Waals surface area contributed by atoms with Gasteiger partial charge in [0.15, 0.2) is 0 Å². The summed E-state index contributed by atoms with van der Waals surface area (Å²) < 4.78 is 0. The van der Waals surface area contributed by atoms with Gasteiger partial charge in [-0.3, -0.25) is 4.79 Å². The van der Waals surface area contributed by atoms with E-state index in [4.69, 9.17) is 0 Å². The van der Waals surface area contributed by atoms with Crippen molar-refractivity contribution in [2.24, 2.45) is 0 Å². The Labute approximate surface area is 149 Å². The first-order valence-electron chi connectivity index (χ1n) is 8.62. The summed E-state index contributed by atoms with van der Waals surface area (Å²) in [4.78, 5) is 23.0. The fourth-order valence-corrected chi connectivity index (χ4v) is 2.41. The lowest BCUT2D eigenvalue weighted by molar-refractivity contribution is 0.0947. The van der Waals surface area contributed by atoms with Crippen LogP contribution in [0, 0.1) is 6.92 Å². The third kappa shape index (κ3) is 6.15. The van der Waals surface area contributed by atoms with Gasteiger partial charge in [0.25, 0.3) is 5.91 Å². The van der Waals surface area contributed by atoms with Gasteiger partial charge in [0.1, 0.15) is 17.3 Å². The number of carbonyl (C=O) groups excluding carboxylic acids is 1. The van der Waals surface area contributed by atoms with Crippen LogP contribution in [0.15, 0.2) is 30.3 Å². The Morgan fingerprint density at radius 3 is 2.52 bits per heavy atom. The fourth-order valence-electron chi connectivity index (χ4n) is 2.41. The average Bonchev–Trinajstić information content (AvgIpc) is 2.58. The molecule has 1 amide bonds. The molecule has 134 valence electrons. The first-order chi connectivity index (χ1) is 12.0. The third-order valence-electron chi connectivity index (χ3n) is 3.77. The first kappa shape index (κ1) is 18.9. The number of aromatic nitrogens is 2. The molecular weight excluding hydrogens is 314 g/mol. The smallest absolute Gasteiger partial charge is 0.270 e. The van der Waals surface area contributed by atoms with Crippen molar-refractivity contribution >= 4 is 17.4 Å². The fraction of sp³-hybridized carbons (Fsp3) is 0.421. The van der Waals surface area contributed by atoms with Gasteiger partial charge in [0.05, 0.1) is 0 Å². The van der Waals surface area contributed by atoms with E-state index in [0.717, 1.165) is 25.1 Å². The van der Waals surface area contributed by atoms with E-state index in [0.29, 0.717) is 23.9 Å². The lowest BCUT2D eigenvalue weighted by atomic mass is 10.1.